The number of carbonyl (C=O) groups is 1. The van der Waals surface area contributed by atoms with Gasteiger partial charge in [-0.3, -0.25) is 4.79 Å². The summed E-state index contributed by atoms with van der Waals surface area (Å²) in [6.45, 7) is 4.40. The number of ether oxygens (including phenoxy) is 2. The Morgan fingerprint density at radius 2 is 2.14 bits per heavy atom. The molecule has 1 aromatic carbocycles. The lowest BCUT2D eigenvalue weighted by Crippen LogP contribution is -2.57. The van der Waals surface area contributed by atoms with Crippen molar-refractivity contribution >= 4 is 5.91 Å². The quantitative estimate of drug-likeness (QED) is 0.627. The molecule has 0 heterocycles. The van der Waals surface area contributed by atoms with Crippen LogP contribution in [-0.2, 0) is 11.4 Å². The molecular weight excluding hydrogens is 272 g/mol. The maximum atomic E-state index is 11.6. The number of carbonyl (C=O) groups excluding carboxylic acids is 1. The molecule has 0 aliphatic rings. The fraction of sp³-hybridized carbons (Fsp3) is 0.533. The Balaban J connectivity index is 2.82. The SMILES string of the molecule is CCCNC(C)(COc1ccc(CO)cc1OC)C(N)=O. The van der Waals surface area contributed by atoms with Crippen molar-refractivity contribution in [1.29, 1.82) is 0 Å². The van der Waals surface area contributed by atoms with Crippen LogP contribution < -0.4 is 20.5 Å². The summed E-state index contributed by atoms with van der Waals surface area (Å²) in [6.07, 6.45) is 0.886. The first-order chi connectivity index (χ1) is 9.96. The Labute approximate surface area is 125 Å². The van der Waals surface area contributed by atoms with Crippen molar-refractivity contribution < 1.29 is 19.4 Å². The van der Waals surface area contributed by atoms with Crippen LogP contribution in [0.3, 0.4) is 0 Å². The molecule has 1 amide bonds. The number of hydrogen-bond acceptors (Lipinski definition) is 5. The van der Waals surface area contributed by atoms with Gasteiger partial charge in [-0.2, -0.15) is 0 Å². The van der Waals surface area contributed by atoms with Crippen LogP contribution >= 0.6 is 0 Å². The molecular formula is C15H24N2O4. The van der Waals surface area contributed by atoms with Gasteiger partial charge in [0.2, 0.25) is 5.91 Å². The average molecular weight is 296 g/mol. The van der Waals surface area contributed by atoms with Gasteiger partial charge < -0.3 is 25.6 Å². The van der Waals surface area contributed by atoms with Gasteiger partial charge in [-0.25, -0.2) is 0 Å². The molecule has 4 N–H and O–H groups in total. The fourth-order valence-electron chi connectivity index (χ4n) is 1.76. The van der Waals surface area contributed by atoms with Gasteiger partial charge in [0.05, 0.1) is 13.7 Å². The average Bonchev–Trinajstić information content (AvgIpc) is 2.50. The lowest BCUT2D eigenvalue weighted by atomic mass is 10.0. The highest BCUT2D eigenvalue weighted by Crippen LogP contribution is 2.28. The first-order valence-corrected chi connectivity index (χ1v) is 6.92. The van der Waals surface area contributed by atoms with E-state index in [1.165, 1.54) is 7.11 Å². The van der Waals surface area contributed by atoms with Crippen LogP contribution in [0.25, 0.3) is 0 Å². The van der Waals surface area contributed by atoms with Crippen molar-refractivity contribution in [2.75, 3.05) is 20.3 Å². The van der Waals surface area contributed by atoms with Crippen molar-refractivity contribution in [3.63, 3.8) is 0 Å². The smallest absolute Gasteiger partial charge is 0.240 e. The second kappa shape index (κ2) is 7.85. The standard InChI is InChI=1S/C15H24N2O4/c1-4-7-17-15(2,14(16)19)10-21-12-6-5-11(9-18)8-13(12)20-3/h5-6,8,17-18H,4,7,9-10H2,1-3H3,(H2,16,19). The number of amides is 1. The Morgan fingerprint density at radius 3 is 2.67 bits per heavy atom. The Kier molecular flexibility index (Phi) is 6.45. The molecule has 1 rings (SSSR count). The van der Waals surface area contributed by atoms with Crippen LogP contribution in [0, 0.1) is 0 Å². The lowest BCUT2D eigenvalue weighted by Gasteiger charge is -2.27. The summed E-state index contributed by atoms with van der Waals surface area (Å²) < 4.78 is 10.9. The predicted molar refractivity (Wildman–Crippen MR) is 80.3 cm³/mol. The number of nitrogens with one attached hydrogen (secondary N) is 1. The van der Waals surface area contributed by atoms with E-state index in [1.54, 1.807) is 25.1 Å². The molecule has 21 heavy (non-hydrogen) atoms. The highest BCUT2D eigenvalue weighted by molar-refractivity contribution is 5.84. The largest absolute Gasteiger partial charge is 0.493 e. The Bertz CT molecular complexity index is 479. The van der Waals surface area contributed by atoms with Crippen molar-refractivity contribution in [2.45, 2.75) is 32.4 Å². The minimum absolute atomic E-state index is 0.0757. The van der Waals surface area contributed by atoms with Gasteiger partial charge in [0.25, 0.3) is 0 Å². The van der Waals surface area contributed by atoms with E-state index in [0.717, 1.165) is 12.0 Å². The molecule has 6 heteroatoms. The molecule has 0 radical (unpaired) electrons. The van der Waals surface area contributed by atoms with Crippen LogP contribution in [0.4, 0.5) is 0 Å². The van der Waals surface area contributed by atoms with E-state index in [2.05, 4.69) is 5.32 Å². The lowest BCUT2D eigenvalue weighted by molar-refractivity contribution is -0.125. The molecule has 118 valence electrons. The number of methoxy groups -OCH3 is 1. The second-order valence-corrected chi connectivity index (χ2v) is 5.06. The maximum absolute atomic E-state index is 11.6. The van der Waals surface area contributed by atoms with Crippen molar-refractivity contribution in [3.8, 4) is 11.5 Å². The number of nitrogens with two attached hydrogens (primary N) is 1. The first kappa shape index (κ1) is 17.3. The van der Waals surface area contributed by atoms with Crippen molar-refractivity contribution in [2.24, 2.45) is 5.73 Å². The molecule has 0 aliphatic heterocycles. The molecule has 0 aromatic heterocycles. The van der Waals surface area contributed by atoms with Crippen LogP contribution in [0.1, 0.15) is 25.8 Å². The number of benzene rings is 1. The zero-order chi connectivity index (χ0) is 15.9. The van der Waals surface area contributed by atoms with E-state index >= 15 is 0 Å². The molecule has 0 spiro atoms. The Hall–Kier alpha value is -1.79. The van der Waals surface area contributed by atoms with E-state index in [1.807, 2.05) is 6.92 Å². The number of aliphatic hydroxyl groups excluding tert-OH is 1. The van der Waals surface area contributed by atoms with Gasteiger partial charge in [0, 0.05) is 0 Å². The van der Waals surface area contributed by atoms with Gasteiger partial charge in [-0.05, 0) is 37.6 Å². The molecule has 0 bridgehead atoms. The van der Waals surface area contributed by atoms with E-state index in [0.29, 0.717) is 18.0 Å². The van der Waals surface area contributed by atoms with Gasteiger partial charge in [-0.1, -0.05) is 13.0 Å². The molecule has 0 aliphatic carbocycles. The second-order valence-electron chi connectivity index (χ2n) is 5.06. The minimum atomic E-state index is -0.948. The van der Waals surface area contributed by atoms with Crippen molar-refractivity contribution in [3.05, 3.63) is 23.8 Å². The van der Waals surface area contributed by atoms with Gasteiger partial charge in [0.15, 0.2) is 11.5 Å². The summed E-state index contributed by atoms with van der Waals surface area (Å²) in [6, 6.07) is 5.13. The monoisotopic (exact) mass is 296 g/mol. The summed E-state index contributed by atoms with van der Waals surface area (Å²) in [5.74, 6) is 0.534. The van der Waals surface area contributed by atoms with Crippen LogP contribution in [0.5, 0.6) is 11.5 Å². The molecule has 0 fully saturated rings. The fourth-order valence-corrected chi connectivity index (χ4v) is 1.76. The summed E-state index contributed by atoms with van der Waals surface area (Å²) in [5, 5.41) is 12.2. The molecule has 1 atom stereocenters. The van der Waals surface area contributed by atoms with Crippen molar-refractivity contribution in [1.82, 2.24) is 5.32 Å². The third kappa shape index (κ3) is 4.61. The summed E-state index contributed by atoms with van der Waals surface area (Å²) in [7, 11) is 1.52. The predicted octanol–water partition coefficient (Wildman–Crippen LogP) is 0.810. The Morgan fingerprint density at radius 1 is 1.43 bits per heavy atom. The number of aliphatic hydroxyl groups is 1. The molecule has 1 unspecified atom stereocenters. The molecule has 1 aromatic rings. The molecule has 6 nitrogen and oxygen atoms in total. The summed E-state index contributed by atoms with van der Waals surface area (Å²) in [5.41, 5.74) is 5.22. The summed E-state index contributed by atoms with van der Waals surface area (Å²) in [4.78, 5) is 11.6. The highest BCUT2D eigenvalue weighted by atomic mass is 16.5. The topological polar surface area (TPSA) is 93.8 Å². The third-order valence-electron chi connectivity index (χ3n) is 3.24. The molecule has 0 saturated heterocycles. The minimum Gasteiger partial charge on any atom is -0.493 e. The van der Waals surface area contributed by atoms with E-state index in [4.69, 9.17) is 20.3 Å². The normalized spacial score (nSPS) is 13.5. The van der Waals surface area contributed by atoms with E-state index in [-0.39, 0.29) is 13.2 Å². The highest BCUT2D eigenvalue weighted by Gasteiger charge is 2.31. The first-order valence-electron chi connectivity index (χ1n) is 6.92. The zero-order valence-electron chi connectivity index (χ0n) is 12.8. The number of hydrogen-bond donors (Lipinski definition) is 3. The number of rotatable bonds is 9. The van der Waals surface area contributed by atoms with Gasteiger partial charge in [-0.15, -0.1) is 0 Å². The molecule has 0 saturated carbocycles. The van der Waals surface area contributed by atoms with E-state index in [9.17, 15) is 4.79 Å². The van der Waals surface area contributed by atoms with Gasteiger partial charge >= 0.3 is 0 Å². The van der Waals surface area contributed by atoms with Gasteiger partial charge in [0.1, 0.15) is 12.1 Å². The number of primary amides is 1. The third-order valence-corrected chi connectivity index (χ3v) is 3.24. The maximum Gasteiger partial charge on any atom is 0.240 e. The van der Waals surface area contributed by atoms with Crippen LogP contribution in [0.15, 0.2) is 18.2 Å². The zero-order valence-corrected chi connectivity index (χ0v) is 12.8. The van der Waals surface area contributed by atoms with Crippen LogP contribution in [-0.4, -0.2) is 36.8 Å². The van der Waals surface area contributed by atoms with Crippen LogP contribution in [0.2, 0.25) is 0 Å². The summed E-state index contributed by atoms with van der Waals surface area (Å²) >= 11 is 0. The van der Waals surface area contributed by atoms with E-state index < -0.39 is 11.4 Å².